The Morgan fingerprint density at radius 3 is 2.53 bits per heavy atom. The summed E-state index contributed by atoms with van der Waals surface area (Å²) in [5.41, 5.74) is 0.808. The van der Waals surface area contributed by atoms with Gasteiger partial charge in [-0.25, -0.2) is 4.31 Å². The first-order valence-electron chi connectivity index (χ1n) is 6.55. The van der Waals surface area contributed by atoms with Gasteiger partial charge in [0.1, 0.15) is 0 Å². The van der Waals surface area contributed by atoms with Gasteiger partial charge in [0.15, 0.2) is 0 Å². The molecule has 1 saturated carbocycles. The highest BCUT2D eigenvalue weighted by molar-refractivity contribution is 7.91. The topological polar surface area (TPSA) is 66.5 Å². The lowest BCUT2D eigenvalue weighted by molar-refractivity contribution is 0.0796. The Kier molecular flexibility index (Phi) is 2.97. The molecule has 0 radical (unpaired) electrons. The van der Waals surface area contributed by atoms with Crippen LogP contribution in [0.4, 0.5) is 5.69 Å². The standard InChI is InChI=1S/C13H16N2O3S/c16-13-11-8-4-5-9-12(11)14-19(17,18)15(13)10-6-2-1-3-7-10/h4-5,8-10,14H,1-3,6-7H2. The van der Waals surface area contributed by atoms with Crippen LogP contribution in [-0.2, 0) is 10.2 Å². The van der Waals surface area contributed by atoms with E-state index >= 15 is 0 Å². The zero-order valence-corrected chi connectivity index (χ0v) is 11.3. The van der Waals surface area contributed by atoms with Gasteiger partial charge in [0.2, 0.25) is 0 Å². The van der Waals surface area contributed by atoms with Crippen LogP contribution in [0.1, 0.15) is 42.5 Å². The highest BCUT2D eigenvalue weighted by Gasteiger charge is 2.40. The summed E-state index contributed by atoms with van der Waals surface area (Å²) in [4.78, 5) is 12.4. The Balaban J connectivity index is 2.02. The first-order chi connectivity index (χ1) is 9.09. The van der Waals surface area contributed by atoms with Crippen LogP contribution in [-0.4, -0.2) is 24.7 Å². The molecule has 0 unspecified atom stereocenters. The van der Waals surface area contributed by atoms with Crippen LogP contribution in [0, 0.1) is 0 Å². The zero-order chi connectivity index (χ0) is 13.5. The molecule has 19 heavy (non-hydrogen) atoms. The molecule has 0 bridgehead atoms. The second-order valence-electron chi connectivity index (χ2n) is 5.05. The fourth-order valence-electron chi connectivity index (χ4n) is 2.85. The Morgan fingerprint density at radius 1 is 1.11 bits per heavy atom. The summed E-state index contributed by atoms with van der Waals surface area (Å²) in [5, 5.41) is 0. The first kappa shape index (κ1) is 12.5. The Bertz CT molecular complexity index is 606. The summed E-state index contributed by atoms with van der Waals surface area (Å²) < 4.78 is 28.0. The van der Waals surface area contributed by atoms with Crippen molar-refractivity contribution in [1.82, 2.24) is 4.31 Å². The molecule has 1 aromatic carbocycles. The van der Waals surface area contributed by atoms with Gasteiger partial charge in [-0.05, 0) is 25.0 Å². The predicted octanol–water partition coefficient (Wildman–Crippen LogP) is 2.13. The SMILES string of the molecule is O=C1c2ccccc2NS(=O)(=O)N1C1CCCCC1. The molecule has 1 heterocycles. The Hall–Kier alpha value is -1.56. The van der Waals surface area contributed by atoms with Crippen molar-refractivity contribution in [2.24, 2.45) is 0 Å². The minimum atomic E-state index is -3.75. The lowest BCUT2D eigenvalue weighted by Gasteiger charge is -2.36. The fourth-order valence-corrected chi connectivity index (χ4v) is 4.33. The van der Waals surface area contributed by atoms with E-state index in [2.05, 4.69) is 4.72 Å². The summed E-state index contributed by atoms with van der Waals surface area (Å²) >= 11 is 0. The molecule has 1 N–H and O–H groups in total. The average Bonchev–Trinajstić information content (AvgIpc) is 2.39. The molecular weight excluding hydrogens is 264 g/mol. The first-order valence-corrected chi connectivity index (χ1v) is 7.99. The van der Waals surface area contributed by atoms with Crippen molar-refractivity contribution in [2.45, 2.75) is 38.1 Å². The third-order valence-corrected chi connectivity index (χ3v) is 5.22. The number of benzene rings is 1. The van der Waals surface area contributed by atoms with Gasteiger partial charge in [0.05, 0.1) is 11.3 Å². The molecule has 1 aliphatic carbocycles. The number of amides is 1. The number of carbonyl (C=O) groups excluding carboxylic acids is 1. The van der Waals surface area contributed by atoms with Gasteiger partial charge < -0.3 is 0 Å². The van der Waals surface area contributed by atoms with E-state index in [9.17, 15) is 13.2 Å². The van der Waals surface area contributed by atoms with Gasteiger partial charge >= 0.3 is 10.2 Å². The molecular formula is C13H16N2O3S. The van der Waals surface area contributed by atoms with Crippen LogP contribution < -0.4 is 4.72 Å². The highest BCUT2D eigenvalue weighted by atomic mass is 32.2. The average molecular weight is 280 g/mol. The van der Waals surface area contributed by atoms with Gasteiger partial charge in [-0.2, -0.15) is 8.42 Å². The summed E-state index contributed by atoms with van der Waals surface area (Å²) in [6.45, 7) is 0. The smallest absolute Gasteiger partial charge is 0.268 e. The maximum atomic E-state index is 12.4. The molecule has 1 aromatic rings. The summed E-state index contributed by atoms with van der Waals surface area (Å²) in [5.74, 6) is -0.402. The second kappa shape index (κ2) is 4.52. The van der Waals surface area contributed by atoms with Gasteiger partial charge in [-0.15, -0.1) is 0 Å². The van der Waals surface area contributed by atoms with Crippen molar-refractivity contribution in [2.75, 3.05) is 4.72 Å². The van der Waals surface area contributed by atoms with Crippen molar-refractivity contribution in [1.29, 1.82) is 0 Å². The van der Waals surface area contributed by atoms with Gasteiger partial charge in [-0.3, -0.25) is 9.52 Å². The van der Waals surface area contributed by atoms with Crippen molar-refractivity contribution < 1.29 is 13.2 Å². The molecule has 5 nitrogen and oxygen atoms in total. The van der Waals surface area contributed by atoms with E-state index in [0.717, 1.165) is 36.4 Å². The van der Waals surface area contributed by atoms with Gasteiger partial charge in [-0.1, -0.05) is 31.4 Å². The number of fused-ring (bicyclic) bond motifs is 1. The van der Waals surface area contributed by atoms with Crippen molar-refractivity contribution in [3.8, 4) is 0 Å². The van der Waals surface area contributed by atoms with E-state index in [4.69, 9.17) is 0 Å². The van der Waals surface area contributed by atoms with Gasteiger partial charge in [0.25, 0.3) is 5.91 Å². The van der Waals surface area contributed by atoms with E-state index in [-0.39, 0.29) is 6.04 Å². The number of anilines is 1. The summed E-state index contributed by atoms with van der Waals surface area (Å²) in [6, 6.07) is 6.53. The van der Waals surface area contributed by atoms with Crippen LogP contribution in [0.2, 0.25) is 0 Å². The molecule has 1 fully saturated rings. The van der Waals surface area contributed by atoms with E-state index in [1.807, 2.05) is 0 Å². The van der Waals surface area contributed by atoms with E-state index in [1.165, 1.54) is 0 Å². The number of rotatable bonds is 1. The van der Waals surface area contributed by atoms with Gasteiger partial charge in [0, 0.05) is 6.04 Å². The van der Waals surface area contributed by atoms with Crippen molar-refractivity contribution in [3.05, 3.63) is 29.8 Å². The normalized spacial score (nSPS) is 22.7. The molecule has 6 heteroatoms. The van der Waals surface area contributed by atoms with Crippen LogP contribution >= 0.6 is 0 Å². The second-order valence-corrected chi connectivity index (χ2v) is 6.59. The fraction of sp³-hybridized carbons (Fsp3) is 0.462. The highest BCUT2D eigenvalue weighted by Crippen LogP contribution is 2.32. The zero-order valence-electron chi connectivity index (χ0n) is 10.5. The monoisotopic (exact) mass is 280 g/mol. The molecule has 1 amide bonds. The number of nitrogens with one attached hydrogen (secondary N) is 1. The lowest BCUT2D eigenvalue weighted by atomic mass is 9.95. The van der Waals surface area contributed by atoms with Crippen molar-refractivity contribution in [3.63, 3.8) is 0 Å². The van der Waals surface area contributed by atoms with Crippen LogP contribution in [0.25, 0.3) is 0 Å². The summed E-state index contributed by atoms with van der Waals surface area (Å²) in [7, 11) is -3.75. The minimum absolute atomic E-state index is 0.202. The number of nitrogens with zero attached hydrogens (tertiary/aromatic N) is 1. The number of carbonyl (C=O) groups is 1. The van der Waals surface area contributed by atoms with E-state index < -0.39 is 16.1 Å². The molecule has 0 saturated heterocycles. The Labute approximate surface area is 112 Å². The molecule has 0 atom stereocenters. The number of para-hydroxylation sites is 1. The minimum Gasteiger partial charge on any atom is -0.268 e. The molecule has 0 aromatic heterocycles. The largest absolute Gasteiger partial charge is 0.326 e. The number of hydrogen-bond acceptors (Lipinski definition) is 3. The summed E-state index contributed by atoms with van der Waals surface area (Å²) in [6.07, 6.45) is 4.59. The predicted molar refractivity (Wildman–Crippen MR) is 72.0 cm³/mol. The van der Waals surface area contributed by atoms with Crippen LogP contribution in [0.5, 0.6) is 0 Å². The van der Waals surface area contributed by atoms with Crippen LogP contribution in [0.15, 0.2) is 24.3 Å². The molecule has 3 rings (SSSR count). The molecule has 1 aliphatic heterocycles. The van der Waals surface area contributed by atoms with Crippen molar-refractivity contribution >= 4 is 21.8 Å². The molecule has 0 spiro atoms. The van der Waals surface area contributed by atoms with E-state index in [1.54, 1.807) is 24.3 Å². The third-order valence-electron chi connectivity index (χ3n) is 3.76. The Morgan fingerprint density at radius 2 is 1.79 bits per heavy atom. The molecule has 2 aliphatic rings. The lowest BCUT2D eigenvalue weighted by Crippen LogP contribution is -2.50. The van der Waals surface area contributed by atoms with E-state index in [0.29, 0.717) is 11.3 Å². The molecule has 102 valence electrons. The quantitative estimate of drug-likeness (QED) is 0.857. The maximum Gasteiger partial charge on any atom is 0.326 e. The number of hydrogen-bond donors (Lipinski definition) is 1. The van der Waals surface area contributed by atoms with Crippen LogP contribution in [0.3, 0.4) is 0 Å². The third kappa shape index (κ3) is 2.10. The maximum absolute atomic E-state index is 12.4.